The van der Waals surface area contributed by atoms with Gasteiger partial charge in [0.2, 0.25) is 0 Å². The summed E-state index contributed by atoms with van der Waals surface area (Å²) in [6.07, 6.45) is 2.70. The topological polar surface area (TPSA) is 85.2 Å². The summed E-state index contributed by atoms with van der Waals surface area (Å²) in [5.74, 6) is -1.45. The number of quaternary nitrogens is 1. The van der Waals surface area contributed by atoms with Gasteiger partial charge in [0.1, 0.15) is 6.61 Å². The summed E-state index contributed by atoms with van der Waals surface area (Å²) in [6, 6.07) is -0.520. The van der Waals surface area contributed by atoms with Gasteiger partial charge in [-0.15, -0.1) is 0 Å². The predicted molar refractivity (Wildman–Crippen MR) is 56.6 cm³/mol. The molecule has 0 aliphatic carbocycles. The summed E-state index contributed by atoms with van der Waals surface area (Å²) >= 11 is 0. The molecule has 1 fully saturated rings. The van der Waals surface area contributed by atoms with Crippen molar-refractivity contribution < 1.29 is 29.1 Å². The fourth-order valence-corrected chi connectivity index (χ4v) is 1.90. The van der Waals surface area contributed by atoms with Crippen molar-refractivity contribution in [2.45, 2.75) is 25.8 Å². The fourth-order valence-electron chi connectivity index (χ4n) is 1.90. The Labute approximate surface area is 103 Å². The Balaban J connectivity index is 1.91. The zero-order valence-corrected chi connectivity index (χ0v) is 9.84. The van der Waals surface area contributed by atoms with E-state index in [9.17, 15) is 19.2 Å². The van der Waals surface area contributed by atoms with Gasteiger partial charge in [-0.25, -0.2) is 9.59 Å². The van der Waals surface area contributed by atoms with Crippen molar-refractivity contribution in [1.29, 1.82) is 0 Å². The zero-order valence-electron chi connectivity index (χ0n) is 9.84. The Hall–Kier alpha value is -1.86. The Bertz CT molecular complexity index is 422. The van der Waals surface area contributed by atoms with Crippen LogP contribution in [0, 0.1) is 0 Å². The number of imide groups is 2. The summed E-state index contributed by atoms with van der Waals surface area (Å²) in [4.78, 5) is 51.5. The minimum Gasteiger partial charge on any atom is -0.270 e. The van der Waals surface area contributed by atoms with Gasteiger partial charge in [-0.05, 0) is 6.92 Å². The first-order valence-corrected chi connectivity index (χ1v) is 5.62. The first-order valence-electron chi connectivity index (χ1n) is 5.62. The maximum atomic E-state index is 11.4. The molecule has 0 aromatic heterocycles. The molecule has 2 heterocycles. The van der Waals surface area contributed by atoms with Crippen LogP contribution in [0.15, 0.2) is 12.2 Å². The van der Waals surface area contributed by atoms with E-state index in [0.717, 1.165) is 4.90 Å². The lowest BCUT2D eigenvalue weighted by Crippen LogP contribution is -3.14. The van der Waals surface area contributed by atoms with Crippen LogP contribution in [0.1, 0.15) is 19.8 Å². The molecule has 0 saturated carbocycles. The van der Waals surface area contributed by atoms with Crippen molar-refractivity contribution >= 4 is 23.6 Å². The molecular weight excluding hydrogens is 240 g/mol. The fraction of sp³-hybridized carbons (Fsp3) is 0.455. The minimum absolute atomic E-state index is 0.0496. The van der Waals surface area contributed by atoms with E-state index < -0.39 is 17.9 Å². The smallest absolute Gasteiger partial charge is 0.270 e. The number of hydroxylamine groups is 2. The average molecular weight is 253 g/mol. The SMILES string of the molecule is CC(CO[NH+]1C(=O)CCC1=O)N1C(=O)C=CC1=O. The van der Waals surface area contributed by atoms with Gasteiger partial charge < -0.3 is 0 Å². The molecule has 1 saturated heterocycles. The minimum atomic E-state index is -0.520. The molecule has 18 heavy (non-hydrogen) atoms. The summed E-state index contributed by atoms with van der Waals surface area (Å²) in [7, 11) is 0. The largest absolute Gasteiger partial charge is 0.352 e. The predicted octanol–water partition coefficient (Wildman–Crippen LogP) is -2.04. The number of rotatable bonds is 4. The van der Waals surface area contributed by atoms with Crippen LogP contribution in [0.25, 0.3) is 0 Å². The number of carbonyl (C=O) groups is 4. The van der Waals surface area contributed by atoms with Crippen molar-refractivity contribution in [3.05, 3.63) is 12.2 Å². The van der Waals surface area contributed by atoms with Crippen LogP contribution >= 0.6 is 0 Å². The van der Waals surface area contributed by atoms with E-state index in [1.165, 1.54) is 12.2 Å². The Morgan fingerprint density at radius 2 is 1.67 bits per heavy atom. The summed E-state index contributed by atoms with van der Waals surface area (Å²) in [5, 5.41) is -0.158. The quantitative estimate of drug-likeness (QED) is 0.584. The second kappa shape index (κ2) is 4.79. The number of nitrogens with one attached hydrogen (secondary N) is 1. The van der Waals surface area contributed by atoms with Gasteiger partial charge in [-0.3, -0.25) is 14.5 Å². The van der Waals surface area contributed by atoms with Crippen LogP contribution in [0.5, 0.6) is 0 Å². The van der Waals surface area contributed by atoms with Crippen molar-refractivity contribution in [3.8, 4) is 0 Å². The first-order chi connectivity index (χ1) is 8.50. The Morgan fingerprint density at radius 1 is 1.17 bits per heavy atom. The molecule has 1 N–H and O–H groups in total. The van der Waals surface area contributed by atoms with E-state index in [-0.39, 0.29) is 36.3 Å². The van der Waals surface area contributed by atoms with Gasteiger partial charge in [0.15, 0.2) is 0 Å². The molecule has 0 spiro atoms. The first kappa shape index (κ1) is 12.6. The third-order valence-corrected chi connectivity index (χ3v) is 2.84. The van der Waals surface area contributed by atoms with E-state index in [1.54, 1.807) is 6.92 Å². The van der Waals surface area contributed by atoms with Gasteiger partial charge in [-0.2, -0.15) is 4.84 Å². The van der Waals surface area contributed by atoms with Crippen LogP contribution in [0.3, 0.4) is 0 Å². The lowest BCUT2D eigenvalue weighted by molar-refractivity contribution is -0.956. The van der Waals surface area contributed by atoms with Gasteiger partial charge in [-0.1, -0.05) is 5.06 Å². The maximum Gasteiger partial charge on any atom is 0.352 e. The van der Waals surface area contributed by atoms with E-state index in [2.05, 4.69) is 0 Å². The molecule has 0 aromatic rings. The average Bonchev–Trinajstić information content (AvgIpc) is 2.81. The van der Waals surface area contributed by atoms with Crippen molar-refractivity contribution in [2.75, 3.05) is 6.61 Å². The molecule has 4 amide bonds. The number of carbonyl (C=O) groups excluding carboxylic acids is 4. The van der Waals surface area contributed by atoms with E-state index in [1.807, 2.05) is 0 Å². The highest BCUT2D eigenvalue weighted by atomic mass is 16.7. The molecule has 0 bridgehead atoms. The van der Waals surface area contributed by atoms with Crippen LogP contribution in [0.4, 0.5) is 0 Å². The molecule has 1 atom stereocenters. The Morgan fingerprint density at radius 3 is 2.17 bits per heavy atom. The molecule has 2 rings (SSSR count). The summed E-state index contributed by atoms with van der Waals surface area (Å²) < 4.78 is 0. The molecular formula is C11H13N2O5+. The van der Waals surface area contributed by atoms with Crippen LogP contribution < -0.4 is 5.06 Å². The third kappa shape index (κ3) is 2.22. The molecule has 0 radical (unpaired) electrons. The summed E-state index contributed by atoms with van der Waals surface area (Å²) in [6.45, 7) is 1.57. The normalized spacial score (nSPS) is 22.4. The molecule has 2 aliphatic heterocycles. The highest BCUT2D eigenvalue weighted by Gasteiger charge is 2.39. The second-order valence-corrected chi connectivity index (χ2v) is 4.22. The number of hydrogen-bond acceptors (Lipinski definition) is 5. The number of hydrogen-bond donors (Lipinski definition) is 1. The maximum absolute atomic E-state index is 11.4. The van der Waals surface area contributed by atoms with E-state index >= 15 is 0 Å². The lowest BCUT2D eigenvalue weighted by atomic mass is 10.3. The molecule has 0 aromatic carbocycles. The molecule has 96 valence electrons. The van der Waals surface area contributed by atoms with Gasteiger partial charge in [0.05, 0.1) is 18.9 Å². The van der Waals surface area contributed by atoms with Crippen LogP contribution in [0.2, 0.25) is 0 Å². The monoisotopic (exact) mass is 253 g/mol. The van der Waals surface area contributed by atoms with Gasteiger partial charge in [0, 0.05) is 12.2 Å². The van der Waals surface area contributed by atoms with Crippen molar-refractivity contribution in [2.24, 2.45) is 0 Å². The van der Waals surface area contributed by atoms with E-state index in [0.29, 0.717) is 0 Å². The van der Waals surface area contributed by atoms with Crippen molar-refractivity contribution in [1.82, 2.24) is 4.90 Å². The third-order valence-electron chi connectivity index (χ3n) is 2.84. The second-order valence-electron chi connectivity index (χ2n) is 4.22. The number of amides is 4. The van der Waals surface area contributed by atoms with Crippen LogP contribution in [-0.2, 0) is 24.0 Å². The van der Waals surface area contributed by atoms with E-state index in [4.69, 9.17) is 4.84 Å². The van der Waals surface area contributed by atoms with Gasteiger partial charge >= 0.3 is 11.8 Å². The molecule has 7 heteroatoms. The summed E-state index contributed by atoms with van der Waals surface area (Å²) in [5.41, 5.74) is 0. The molecule has 2 aliphatic rings. The van der Waals surface area contributed by atoms with Crippen molar-refractivity contribution in [3.63, 3.8) is 0 Å². The Kier molecular flexibility index (Phi) is 3.35. The standard InChI is InChI=1S/C11H12N2O5/c1-7(12-8(14)2-3-9(12)15)6-18-13-10(16)4-5-11(13)17/h2-3,7H,4-6H2,1H3/p+1. The van der Waals surface area contributed by atoms with Gasteiger partial charge in [0.25, 0.3) is 11.8 Å². The molecule has 7 nitrogen and oxygen atoms in total. The zero-order chi connectivity index (χ0) is 13.3. The highest BCUT2D eigenvalue weighted by Crippen LogP contribution is 2.08. The molecule has 1 unspecified atom stereocenters. The lowest BCUT2D eigenvalue weighted by Gasteiger charge is -2.21. The highest BCUT2D eigenvalue weighted by molar-refractivity contribution is 6.13. The van der Waals surface area contributed by atoms with Crippen LogP contribution in [-0.4, -0.2) is 41.2 Å². The number of nitrogens with zero attached hydrogens (tertiary/aromatic N) is 1.